The number of carbonyl (C=O) groups excluding carboxylic acids is 1. The summed E-state index contributed by atoms with van der Waals surface area (Å²) in [6.45, 7) is 10.9. The molecule has 1 aromatic carbocycles. The second-order valence-corrected chi connectivity index (χ2v) is 6.49. The van der Waals surface area contributed by atoms with E-state index in [0.29, 0.717) is 13.0 Å². The summed E-state index contributed by atoms with van der Waals surface area (Å²) in [5.41, 5.74) is 2.11. The van der Waals surface area contributed by atoms with E-state index in [0.717, 1.165) is 5.56 Å². The zero-order valence-electron chi connectivity index (χ0n) is 14.3. The number of amides is 1. The Morgan fingerprint density at radius 3 is 2.27 bits per heavy atom. The number of rotatable bonds is 7. The average Bonchev–Trinajstić information content (AvgIpc) is 2.49. The van der Waals surface area contributed by atoms with Crippen molar-refractivity contribution in [3.05, 3.63) is 35.4 Å². The molecule has 2 atom stereocenters. The maximum atomic E-state index is 11.9. The minimum Gasteiger partial charge on any atom is -0.387 e. The number of benzene rings is 1. The van der Waals surface area contributed by atoms with Crippen molar-refractivity contribution in [2.24, 2.45) is 0 Å². The molecule has 0 aliphatic carbocycles. The summed E-state index contributed by atoms with van der Waals surface area (Å²) in [7, 11) is 0. The van der Waals surface area contributed by atoms with Gasteiger partial charge in [-0.3, -0.25) is 4.79 Å². The lowest BCUT2D eigenvalue weighted by Gasteiger charge is -2.20. The van der Waals surface area contributed by atoms with E-state index < -0.39 is 12.2 Å². The van der Waals surface area contributed by atoms with Gasteiger partial charge in [-0.2, -0.15) is 0 Å². The van der Waals surface area contributed by atoms with Gasteiger partial charge in [-0.1, -0.05) is 52.0 Å². The van der Waals surface area contributed by atoms with Crippen LogP contribution in [0.1, 0.15) is 58.3 Å². The van der Waals surface area contributed by atoms with Gasteiger partial charge in [-0.05, 0) is 29.9 Å². The van der Waals surface area contributed by atoms with Crippen molar-refractivity contribution in [1.29, 1.82) is 0 Å². The molecule has 0 heterocycles. The summed E-state index contributed by atoms with van der Waals surface area (Å²) in [6.07, 6.45) is -0.534. The average molecular weight is 307 g/mol. The third-order valence-corrected chi connectivity index (χ3v) is 3.66. The number of nitrogens with one attached hydrogen (secondary N) is 1. The van der Waals surface area contributed by atoms with Crippen LogP contribution in [0.2, 0.25) is 0 Å². The van der Waals surface area contributed by atoms with Gasteiger partial charge in [0.2, 0.25) is 5.91 Å². The molecule has 0 aromatic heterocycles. The number of ether oxygens (including phenoxy) is 1. The van der Waals surface area contributed by atoms with Crippen LogP contribution < -0.4 is 5.32 Å². The maximum Gasteiger partial charge on any atom is 0.249 e. The molecule has 0 bridgehead atoms. The van der Waals surface area contributed by atoms with Crippen molar-refractivity contribution in [2.75, 3.05) is 13.2 Å². The molecule has 1 amide bonds. The summed E-state index contributed by atoms with van der Waals surface area (Å²) in [5, 5.41) is 12.9. The van der Waals surface area contributed by atoms with Crippen molar-refractivity contribution in [2.45, 2.75) is 58.7 Å². The quantitative estimate of drug-likeness (QED) is 0.814. The van der Waals surface area contributed by atoms with Crippen LogP contribution in [0.15, 0.2) is 24.3 Å². The molecule has 124 valence electrons. The molecule has 4 heteroatoms. The Hall–Kier alpha value is -1.39. The lowest BCUT2D eigenvalue weighted by Crippen LogP contribution is -2.38. The molecule has 0 aliphatic rings. The largest absolute Gasteiger partial charge is 0.387 e. The molecule has 1 rings (SSSR count). The standard InChI is InChI=1S/C18H29NO3/c1-6-16(22-7-2)17(21)19-12-15(20)13-8-10-14(11-9-13)18(3,4)5/h8-11,15-16,20H,6-7,12H2,1-5H3,(H,19,21). The molecule has 22 heavy (non-hydrogen) atoms. The maximum absolute atomic E-state index is 11.9. The second-order valence-electron chi connectivity index (χ2n) is 6.49. The van der Waals surface area contributed by atoms with Gasteiger partial charge >= 0.3 is 0 Å². The van der Waals surface area contributed by atoms with Crippen molar-refractivity contribution in [3.8, 4) is 0 Å². The highest BCUT2D eigenvalue weighted by Crippen LogP contribution is 2.23. The van der Waals surface area contributed by atoms with Crippen molar-refractivity contribution < 1.29 is 14.6 Å². The Balaban J connectivity index is 2.58. The normalized spacial score (nSPS) is 14.5. The zero-order chi connectivity index (χ0) is 16.8. The zero-order valence-corrected chi connectivity index (χ0v) is 14.3. The van der Waals surface area contributed by atoms with E-state index in [1.165, 1.54) is 5.56 Å². The van der Waals surface area contributed by atoms with Crippen molar-refractivity contribution >= 4 is 5.91 Å². The van der Waals surface area contributed by atoms with Crippen LogP contribution in [0.25, 0.3) is 0 Å². The van der Waals surface area contributed by atoms with Gasteiger partial charge in [0.25, 0.3) is 0 Å². The molecular formula is C18H29NO3. The van der Waals surface area contributed by atoms with Gasteiger partial charge < -0.3 is 15.2 Å². The molecule has 0 aliphatic heterocycles. The molecule has 4 nitrogen and oxygen atoms in total. The first-order chi connectivity index (χ1) is 10.3. The third-order valence-electron chi connectivity index (χ3n) is 3.66. The molecule has 2 N–H and O–H groups in total. The predicted molar refractivity (Wildman–Crippen MR) is 88.8 cm³/mol. The fraction of sp³-hybridized carbons (Fsp3) is 0.611. The minimum atomic E-state index is -0.711. The summed E-state index contributed by atoms with van der Waals surface area (Å²) >= 11 is 0. The van der Waals surface area contributed by atoms with E-state index in [1.807, 2.05) is 38.1 Å². The van der Waals surface area contributed by atoms with E-state index in [1.54, 1.807) is 0 Å². The van der Waals surface area contributed by atoms with Gasteiger partial charge in [-0.25, -0.2) is 0 Å². The van der Waals surface area contributed by atoms with Gasteiger partial charge in [0, 0.05) is 13.2 Å². The number of aliphatic hydroxyl groups is 1. The van der Waals surface area contributed by atoms with Gasteiger partial charge in [-0.15, -0.1) is 0 Å². The van der Waals surface area contributed by atoms with Crippen LogP contribution in [0.3, 0.4) is 0 Å². The summed E-state index contributed by atoms with van der Waals surface area (Å²) in [5.74, 6) is -0.172. The minimum absolute atomic E-state index is 0.0868. The number of aliphatic hydroxyl groups excluding tert-OH is 1. The molecule has 0 radical (unpaired) electrons. The lowest BCUT2D eigenvalue weighted by molar-refractivity contribution is -0.133. The first-order valence-corrected chi connectivity index (χ1v) is 7.97. The molecule has 0 fully saturated rings. The Labute approximate surface area is 133 Å². The summed E-state index contributed by atoms with van der Waals surface area (Å²) < 4.78 is 5.35. The summed E-state index contributed by atoms with van der Waals surface area (Å²) in [4.78, 5) is 11.9. The number of carbonyl (C=O) groups is 1. The molecular weight excluding hydrogens is 278 g/mol. The van der Waals surface area contributed by atoms with E-state index in [9.17, 15) is 9.90 Å². The fourth-order valence-electron chi connectivity index (χ4n) is 2.21. The summed E-state index contributed by atoms with van der Waals surface area (Å²) in [6, 6.07) is 7.87. The Kier molecular flexibility index (Phi) is 7.04. The molecule has 0 saturated heterocycles. The number of hydrogen-bond acceptors (Lipinski definition) is 3. The Bertz CT molecular complexity index is 462. The molecule has 1 aromatic rings. The van der Waals surface area contributed by atoms with Crippen LogP contribution in [0.5, 0.6) is 0 Å². The number of hydrogen-bond donors (Lipinski definition) is 2. The first kappa shape index (κ1) is 18.7. The van der Waals surface area contributed by atoms with Crippen LogP contribution >= 0.6 is 0 Å². The monoisotopic (exact) mass is 307 g/mol. The van der Waals surface area contributed by atoms with Gasteiger partial charge in [0.05, 0.1) is 6.10 Å². The third kappa shape index (κ3) is 5.43. The van der Waals surface area contributed by atoms with Crippen LogP contribution in [-0.2, 0) is 14.9 Å². The Morgan fingerprint density at radius 2 is 1.82 bits per heavy atom. The van der Waals surface area contributed by atoms with Crippen LogP contribution in [-0.4, -0.2) is 30.3 Å². The van der Waals surface area contributed by atoms with E-state index >= 15 is 0 Å². The van der Waals surface area contributed by atoms with Crippen molar-refractivity contribution in [1.82, 2.24) is 5.32 Å². The van der Waals surface area contributed by atoms with E-state index in [-0.39, 0.29) is 17.9 Å². The molecule has 0 spiro atoms. The van der Waals surface area contributed by atoms with Crippen molar-refractivity contribution in [3.63, 3.8) is 0 Å². The van der Waals surface area contributed by atoms with E-state index in [2.05, 4.69) is 26.1 Å². The SMILES string of the molecule is CCOC(CC)C(=O)NCC(O)c1ccc(C(C)(C)C)cc1. The highest BCUT2D eigenvalue weighted by atomic mass is 16.5. The van der Waals surface area contributed by atoms with Gasteiger partial charge in [0.1, 0.15) is 6.10 Å². The fourth-order valence-corrected chi connectivity index (χ4v) is 2.21. The first-order valence-electron chi connectivity index (χ1n) is 7.97. The molecule has 0 saturated carbocycles. The highest BCUT2D eigenvalue weighted by molar-refractivity contribution is 5.80. The van der Waals surface area contributed by atoms with Gasteiger partial charge in [0.15, 0.2) is 0 Å². The lowest BCUT2D eigenvalue weighted by atomic mass is 9.86. The van der Waals surface area contributed by atoms with Crippen LogP contribution in [0, 0.1) is 0 Å². The van der Waals surface area contributed by atoms with E-state index in [4.69, 9.17) is 4.74 Å². The van der Waals surface area contributed by atoms with Crippen LogP contribution in [0.4, 0.5) is 0 Å². The highest BCUT2D eigenvalue weighted by Gasteiger charge is 2.18. The Morgan fingerprint density at radius 1 is 1.23 bits per heavy atom. The predicted octanol–water partition coefficient (Wildman–Crippen LogP) is 2.95. The second kappa shape index (κ2) is 8.30. The smallest absolute Gasteiger partial charge is 0.249 e. The molecule has 2 unspecified atom stereocenters. The topological polar surface area (TPSA) is 58.6 Å².